The minimum absolute atomic E-state index is 0.204. The lowest BCUT2D eigenvalue weighted by Gasteiger charge is -2.09. The fourth-order valence-corrected chi connectivity index (χ4v) is 2.00. The van der Waals surface area contributed by atoms with Crippen molar-refractivity contribution >= 4 is 17.1 Å². The lowest BCUT2D eigenvalue weighted by molar-refractivity contribution is 0.0759. The van der Waals surface area contributed by atoms with E-state index in [4.69, 9.17) is 5.73 Å². The summed E-state index contributed by atoms with van der Waals surface area (Å²) in [5.74, 6) is -0.578. The number of nitrogens with zero attached hydrogens (tertiary/aromatic N) is 1. The Morgan fingerprint density at radius 3 is 2.57 bits per heavy atom. The third kappa shape index (κ3) is 2.16. The third-order valence-electron chi connectivity index (χ3n) is 1.81. The molecular weight excluding hydrogens is 203 g/mol. The van der Waals surface area contributed by atoms with Crippen LogP contribution in [-0.2, 0) is 6.54 Å². The molecule has 0 spiro atoms. The average molecular weight is 216 g/mol. The molecule has 5 heteroatoms. The van der Waals surface area contributed by atoms with Gasteiger partial charge in [-0.05, 0) is 20.8 Å². The highest BCUT2D eigenvalue weighted by Crippen LogP contribution is 2.23. The van der Waals surface area contributed by atoms with Crippen LogP contribution in [0.2, 0.25) is 0 Å². The average Bonchev–Trinajstić information content (AvgIpc) is 2.43. The van der Waals surface area contributed by atoms with Gasteiger partial charge in [0.15, 0.2) is 10.7 Å². The zero-order valence-electron chi connectivity index (χ0n) is 8.43. The molecule has 1 aromatic heterocycles. The number of carbonyl (C=O) groups excluding carboxylic acids is 1. The minimum atomic E-state index is -1.86. The van der Waals surface area contributed by atoms with E-state index in [-0.39, 0.29) is 5.01 Å². The number of halogens is 1. The summed E-state index contributed by atoms with van der Waals surface area (Å²) in [6.07, 6.45) is 0. The molecule has 0 amide bonds. The number of rotatable bonds is 3. The van der Waals surface area contributed by atoms with E-state index >= 15 is 0 Å². The molecule has 14 heavy (non-hydrogen) atoms. The van der Waals surface area contributed by atoms with E-state index in [1.54, 1.807) is 6.92 Å². The van der Waals surface area contributed by atoms with Gasteiger partial charge in [-0.2, -0.15) is 0 Å². The number of thiazole rings is 1. The van der Waals surface area contributed by atoms with Gasteiger partial charge in [-0.1, -0.05) is 0 Å². The van der Waals surface area contributed by atoms with Crippen molar-refractivity contribution in [3.63, 3.8) is 0 Å². The number of carbonyl (C=O) groups is 1. The molecule has 0 unspecified atom stereocenters. The second kappa shape index (κ2) is 3.74. The van der Waals surface area contributed by atoms with Gasteiger partial charge in [-0.15, -0.1) is 11.3 Å². The SMILES string of the molecule is Cc1nc(C(=O)C(C)(C)F)sc1CN. The van der Waals surface area contributed by atoms with Gasteiger partial charge in [0.25, 0.3) is 0 Å². The summed E-state index contributed by atoms with van der Waals surface area (Å²) >= 11 is 1.17. The lowest BCUT2D eigenvalue weighted by Crippen LogP contribution is -2.25. The molecule has 1 heterocycles. The van der Waals surface area contributed by atoms with E-state index in [0.717, 1.165) is 4.88 Å². The minimum Gasteiger partial charge on any atom is -0.326 e. The van der Waals surface area contributed by atoms with Gasteiger partial charge in [0.1, 0.15) is 0 Å². The molecule has 0 aliphatic rings. The summed E-state index contributed by atoms with van der Waals surface area (Å²) in [6, 6.07) is 0. The molecule has 0 aliphatic carbocycles. The van der Waals surface area contributed by atoms with Crippen LogP contribution < -0.4 is 5.73 Å². The van der Waals surface area contributed by atoms with Crippen molar-refractivity contribution in [3.8, 4) is 0 Å². The fourth-order valence-electron chi connectivity index (χ4n) is 0.969. The molecule has 0 atom stereocenters. The maximum Gasteiger partial charge on any atom is 0.227 e. The Kier molecular flexibility index (Phi) is 3.01. The Morgan fingerprint density at radius 2 is 2.21 bits per heavy atom. The largest absolute Gasteiger partial charge is 0.326 e. The summed E-state index contributed by atoms with van der Waals surface area (Å²) in [5.41, 5.74) is 4.29. The van der Waals surface area contributed by atoms with Crippen LogP contribution in [-0.4, -0.2) is 16.4 Å². The smallest absolute Gasteiger partial charge is 0.227 e. The Balaban J connectivity index is 3.03. The highest BCUT2D eigenvalue weighted by atomic mass is 32.1. The van der Waals surface area contributed by atoms with Crippen LogP contribution >= 0.6 is 11.3 Å². The van der Waals surface area contributed by atoms with Gasteiger partial charge in [0, 0.05) is 11.4 Å². The summed E-state index contributed by atoms with van der Waals surface area (Å²) in [7, 11) is 0. The van der Waals surface area contributed by atoms with Crippen molar-refractivity contribution in [3.05, 3.63) is 15.6 Å². The van der Waals surface area contributed by atoms with Crippen LogP contribution in [0.4, 0.5) is 4.39 Å². The molecule has 0 aliphatic heterocycles. The molecule has 0 fully saturated rings. The zero-order valence-corrected chi connectivity index (χ0v) is 9.24. The van der Waals surface area contributed by atoms with E-state index in [9.17, 15) is 9.18 Å². The van der Waals surface area contributed by atoms with E-state index < -0.39 is 11.5 Å². The molecule has 78 valence electrons. The molecule has 2 N–H and O–H groups in total. The third-order valence-corrected chi connectivity index (χ3v) is 2.99. The topological polar surface area (TPSA) is 56.0 Å². The van der Waals surface area contributed by atoms with Crippen LogP contribution in [0, 0.1) is 6.92 Å². The van der Waals surface area contributed by atoms with E-state index in [2.05, 4.69) is 4.98 Å². The molecule has 1 rings (SSSR count). The molecule has 3 nitrogen and oxygen atoms in total. The molecule has 0 saturated heterocycles. The number of aryl methyl sites for hydroxylation is 1. The number of alkyl halides is 1. The van der Waals surface area contributed by atoms with Gasteiger partial charge in [-0.3, -0.25) is 4.79 Å². The molecule has 0 radical (unpaired) electrons. The predicted octanol–water partition coefficient (Wildman–Crippen LogP) is 1.84. The van der Waals surface area contributed by atoms with Crippen LogP contribution in [0.15, 0.2) is 0 Å². The second-order valence-electron chi connectivity index (χ2n) is 3.53. The number of ketones is 1. The van der Waals surface area contributed by atoms with Crippen LogP contribution in [0.5, 0.6) is 0 Å². The summed E-state index contributed by atoms with van der Waals surface area (Å²) in [6.45, 7) is 4.56. The first-order valence-electron chi connectivity index (χ1n) is 4.26. The summed E-state index contributed by atoms with van der Waals surface area (Å²) < 4.78 is 13.3. The first-order valence-corrected chi connectivity index (χ1v) is 5.08. The monoisotopic (exact) mass is 216 g/mol. The maximum absolute atomic E-state index is 13.3. The number of nitrogens with two attached hydrogens (primary N) is 1. The van der Waals surface area contributed by atoms with Gasteiger partial charge < -0.3 is 5.73 Å². The van der Waals surface area contributed by atoms with E-state index in [1.165, 1.54) is 25.2 Å². The Morgan fingerprint density at radius 1 is 1.64 bits per heavy atom. The van der Waals surface area contributed by atoms with E-state index in [0.29, 0.717) is 12.2 Å². The normalized spacial score (nSPS) is 11.8. The van der Waals surface area contributed by atoms with Crippen LogP contribution in [0.3, 0.4) is 0 Å². The van der Waals surface area contributed by atoms with Crippen molar-refractivity contribution < 1.29 is 9.18 Å². The molecule has 0 saturated carbocycles. The van der Waals surface area contributed by atoms with Crippen molar-refractivity contribution in [2.75, 3.05) is 0 Å². The predicted molar refractivity (Wildman–Crippen MR) is 54.3 cm³/mol. The van der Waals surface area contributed by atoms with Crippen LogP contribution in [0.25, 0.3) is 0 Å². The fraction of sp³-hybridized carbons (Fsp3) is 0.556. The number of hydrogen-bond acceptors (Lipinski definition) is 4. The first kappa shape index (κ1) is 11.3. The number of aromatic nitrogens is 1. The van der Waals surface area contributed by atoms with Crippen molar-refractivity contribution in [2.24, 2.45) is 5.73 Å². The van der Waals surface area contributed by atoms with E-state index in [1.807, 2.05) is 0 Å². The maximum atomic E-state index is 13.3. The lowest BCUT2D eigenvalue weighted by atomic mass is 10.1. The first-order chi connectivity index (χ1) is 6.36. The molecule has 1 aromatic rings. The number of Topliss-reactive ketones (excluding diaryl/α,β-unsaturated/α-hetero) is 1. The molecule has 0 bridgehead atoms. The second-order valence-corrected chi connectivity index (χ2v) is 4.62. The summed E-state index contributed by atoms with van der Waals surface area (Å²) in [5, 5.41) is 0.204. The van der Waals surface area contributed by atoms with Gasteiger partial charge in [0.05, 0.1) is 5.69 Å². The highest BCUT2D eigenvalue weighted by molar-refractivity contribution is 7.13. The van der Waals surface area contributed by atoms with Crippen molar-refractivity contribution in [1.82, 2.24) is 4.98 Å². The standard InChI is InChI=1S/C9H13FN2OS/c1-5-6(4-11)14-8(12-5)7(13)9(2,3)10/h4,11H2,1-3H3. The molecule has 0 aromatic carbocycles. The quantitative estimate of drug-likeness (QED) is 0.784. The van der Waals surface area contributed by atoms with Crippen molar-refractivity contribution in [2.45, 2.75) is 33.0 Å². The Labute approximate surface area is 86.1 Å². The highest BCUT2D eigenvalue weighted by Gasteiger charge is 2.30. The summed E-state index contributed by atoms with van der Waals surface area (Å²) in [4.78, 5) is 16.3. The number of hydrogen-bond donors (Lipinski definition) is 1. The van der Waals surface area contributed by atoms with Gasteiger partial charge in [0.2, 0.25) is 5.78 Å². The van der Waals surface area contributed by atoms with Crippen LogP contribution in [0.1, 0.15) is 34.2 Å². The Bertz CT molecular complexity index is 354. The van der Waals surface area contributed by atoms with Crippen molar-refractivity contribution in [1.29, 1.82) is 0 Å². The van der Waals surface area contributed by atoms with Gasteiger partial charge in [-0.25, -0.2) is 9.37 Å². The Hall–Kier alpha value is -0.810. The zero-order chi connectivity index (χ0) is 10.9. The van der Waals surface area contributed by atoms with Gasteiger partial charge >= 0.3 is 0 Å². The molecular formula is C9H13FN2OS.